The molecule has 4 rings (SSSR count). The van der Waals surface area contributed by atoms with Crippen molar-refractivity contribution in [1.82, 2.24) is 8.94 Å². The van der Waals surface area contributed by atoms with E-state index < -0.39 is 27.4 Å². The van der Waals surface area contributed by atoms with Crippen LogP contribution >= 0.6 is 11.5 Å². The SMILES string of the molecule is Cc1snc2c1c1cc(C(=O)N=[S@@](C)(=O)CCCO)ccc1n2-c1ccc(C(F)(F)F)cc1. The monoisotopic (exact) mass is 495 g/mol. The Labute approximate surface area is 192 Å². The van der Waals surface area contributed by atoms with Gasteiger partial charge in [-0.15, -0.1) is 0 Å². The highest BCUT2D eigenvalue weighted by Gasteiger charge is 2.30. The van der Waals surface area contributed by atoms with E-state index in [1.165, 1.54) is 29.9 Å². The van der Waals surface area contributed by atoms with Gasteiger partial charge in [0, 0.05) is 45.5 Å². The lowest BCUT2D eigenvalue weighted by Gasteiger charge is -2.10. The van der Waals surface area contributed by atoms with E-state index in [0.29, 0.717) is 22.2 Å². The third-order valence-corrected chi connectivity index (χ3v) is 7.56. The van der Waals surface area contributed by atoms with Gasteiger partial charge in [-0.1, -0.05) is 0 Å². The van der Waals surface area contributed by atoms with Crippen molar-refractivity contribution in [3.8, 4) is 5.69 Å². The molecule has 0 aliphatic carbocycles. The molecule has 6 nitrogen and oxygen atoms in total. The van der Waals surface area contributed by atoms with Crippen molar-refractivity contribution in [2.45, 2.75) is 19.5 Å². The Kier molecular flexibility index (Phi) is 6.06. The Morgan fingerprint density at radius 2 is 1.91 bits per heavy atom. The topological polar surface area (TPSA) is 84.6 Å². The van der Waals surface area contributed by atoms with Crippen LogP contribution in [0.3, 0.4) is 0 Å². The highest BCUT2D eigenvalue weighted by molar-refractivity contribution is 7.93. The summed E-state index contributed by atoms with van der Waals surface area (Å²) in [5, 5.41) is 10.4. The molecule has 0 aliphatic heterocycles. The Balaban J connectivity index is 1.85. The minimum absolute atomic E-state index is 0.111. The first kappa shape index (κ1) is 23.4. The van der Waals surface area contributed by atoms with E-state index in [2.05, 4.69) is 8.74 Å². The zero-order valence-electron chi connectivity index (χ0n) is 17.7. The number of fused-ring (bicyclic) bond motifs is 3. The quantitative estimate of drug-likeness (QED) is 0.413. The van der Waals surface area contributed by atoms with E-state index in [1.807, 2.05) is 6.92 Å². The average molecular weight is 496 g/mol. The third kappa shape index (κ3) is 4.53. The third-order valence-electron chi connectivity index (χ3n) is 5.22. The molecule has 0 unspecified atom stereocenters. The van der Waals surface area contributed by atoms with Crippen LogP contribution in [-0.4, -0.2) is 42.8 Å². The molecule has 174 valence electrons. The highest BCUT2D eigenvalue weighted by atomic mass is 32.2. The maximum absolute atomic E-state index is 13.0. The molecule has 11 heteroatoms. The molecule has 0 aliphatic rings. The van der Waals surface area contributed by atoms with Gasteiger partial charge in [0.25, 0.3) is 5.91 Å². The number of amides is 1. The molecule has 0 fully saturated rings. The molecule has 0 saturated carbocycles. The zero-order valence-corrected chi connectivity index (χ0v) is 19.4. The summed E-state index contributed by atoms with van der Waals surface area (Å²) < 4.78 is 61.6. The van der Waals surface area contributed by atoms with Crippen molar-refractivity contribution in [3.05, 3.63) is 58.5 Å². The molecule has 0 saturated heterocycles. The van der Waals surface area contributed by atoms with Gasteiger partial charge in [0.1, 0.15) is 0 Å². The molecule has 2 aromatic carbocycles. The molecule has 1 atom stereocenters. The smallest absolute Gasteiger partial charge is 0.396 e. The second-order valence-corrected chi connectivity index (χ2v) is 11.2. The molecule has 0 spiro atoms. The van der Waals surface area contributed by atoms with Crippen LogP contribution in [0, 0.1) is 6.92 Å². The van der Waals surface area contributed by atoms with E-state index in [-0.39, 0.29) is 24.3 Å². The number of hydrogen-bond acceptors (Lipinski definition) is 5. The maximum Gasteiger partial charge on any atom is 0.416 e. The van der Waals surface area contributed by atoms with Gasteiger partial charge in [-0.05, 0) is 67.3 Å². The van der Waals surface area contributed by atoms with E-state index in [1.54, 1.807) is 22.8 Å². The summed E-state index contributed by atoms with van der Waals surface area (Å²) in [7, 11) is -2.78. The van der Waals surface area contributed by atoms with Crippen LogP contribution in [0.4, 0.5) is 13.2 Å². The first-order chi connectivity index (χ1) is 15.5. The molecule has 2 heterocycles. The number of carbonyl (C=O) groups is 1. The largest absolute Gasteiger partial charge is 0.416 e. The zero-order chi connectivity index (χ0) is 24.0. The number of hydrogen-bond donors (Lipinski definition) is 1. The van der Waals surface area contributed by atoms with Crippen LogP contribution in [0.1, 0.15) is 27.2 Å². The molecule has 0 bridgehead atoms. The lowest BCUT2D eigenvalue weighted by Crippen LogP contribution is -2.08. The second-order valence-electron chi connectivity index (χ2n) is 7.69. The normalized spacial score (nSPS) is 14.0. The number of alkyl halides is 3. The molecule has 33 heavy (non-hydrogen) atoms. The number of aromatic nitrogens is 2. The fourth-order valence-electron chi connectivity index (χ4n) is 3.67. The molecule has 2 aromatic heterocycles. The number of benzene rings is 2. The summed E-state index contributed by atoms with van der Waals surface area (Å²) in [4.78, 5) is 13.6. The predicted octanol–water partition coefficient (Wildman–Crippen LogP) is 5.19. The van der Waals surface area contributed by atoms with Crippen molar-refractivity contribution >= 4 is 49.1 Å². The van der Waals surface area contributed by atoms with Crippen LogP contribution in [0.15, 0.2) is 46.8 Å². The average Bonchev–Trinajstić information content (AvgIpc) is 3.28. The molecule has 1 amide bonds. The first-order valence-electron chi connectivity index (χ1n) is 9.95. The van der Waals surface area contributed by atoms with Crippen LogP contribution < -0.4 is 0 Å². The fraction of sp³-hybridized carbons (Fsp3) is 0.273. The van der Waals surface area contributed by atoms with Crippen LogP contribution in [0.2, 0.25) is 0 Å². The fourth-order valence-corrected chi connectivity index (χ4v) is 5.57. The number of aliphatic hydroxyl groups is 1. The van der Waals surface area contributed by atoms with Gasteiger partial charge in [-0.2, -0.15) is 21.9 Å². The number of halogens is 3. The van der Waals surface area contributed by atoms with Gasteiger partial charge < -0.3 is 5.11 Å². The molecular weight excluding hydrogens is 475 g/mol. The molecule has 1 N–H and O–H groups in total. The second kappa shape index (κ2) is 8.54. The molecular formula is C22H20F3N3O3S2. The van der Waals surface area contributed by atoms with Crippen LogP contribution in [-0.2, 0) is 15.9 Å². The lowest BCUT2D eigenvalue weighted by atomic mass is 10.1. The Hall–Kier alpha value is -2.76. The van der Waals surface area contributed by atoms with E-state index in [4.69, 9.17) is 5.11 Å². The highest BCUT2D eigenvalue weighted by Crippen LogP contribution is 2.37. The number of nitrogens with zero attached hydrogens (tertiary/aromatic N) is 3. The Morgan fingerprint density at radius 3 is 2.55 bits per heavy atom. The Morgan fingerprint density at radius 1 is 1.21 bits per heavy atom. The van der Waals surface area contributed by atoms with Crippen molar-refractivity contribution in [2.24, 2.45) is 4.36 Å². The van der Waals surface area contributed by atoms with Gasteiger partial charge in [-0.3, -0.25) is 9.36 Å². The van der Waals surface area contributed by atoms with E-state index >= 15 is 0 Å². The van der Waals surface area contributed by atoms with Gasteiger partial charge in [-0.25, -0.2) is 4.21 Å². The summed E-state index contributed by atoms with van der Waals surface area (Å²) in [6, 6.07) is 9.70. The van der Waals surface area contributed by atoms with Crippen LogP contribution in [0.5, 0.6) is 0 Å². The predicted molar refractivity (Wildman–Crippen MR) is 124 cm³/mol. The van der Waals surface area contributed by atoms with Gasteiger partial charge in [0.05, 0.1) is 20.8 Å². The number of aliphatic hydroxyl groups excluding tert-OH is 1. The van der Waals surface area contributed by atoms with Gasteiger partial charge >= 0.3 is 6.18 Å². The van der Waals surface area contributed by atoms with Gasteiger partial charge in [0.15, 0.2) is 5.65 Å². The van der Waals surface area contributed by atoms with Crippen molar-refractivity contribution < 1.29 is 27.3 Å². The summed E-state index contributed by atoms with van der Waals surface area (Å²) in [5.74, 6) is -0.516. The molecule has 4 aromatic rings. The van der Waals surface area contributed by atoms with Crippen molar-refractivity contribution in [1.29, 1.82) is 0 Å². The minimum atomic E-state index is -4.43. The number of aryl methyl sites for hydroxylation is 1. The summed E-state index contributed by atoms with van der Waals surface area (Å²) in [6.45, 7) is 1.74. The van der Waals surface area contributed by atoms with E-state index in [0.717, 1.165) is 22.4 Å². The van der Waals surface area contributed by atoms with Crippen molar-refractivity contribution in [2.75, 3.05) is 18.6 Å². The minimum Gasteiger partial charge on any atom is -0.396 e. The summed E-state index contributed by atoms with van der Waals surface area (Å²) in [6.07, 6.45) is -2.77. The first-order valence-corrected chi connectivity index (χ1v) is 12.8. The maximum atomic E-state index is 13.0. The van der Waals surface area contributed by atoms with Gasteiger partial charge in [0.2, 0.25) is 0 Å². The summed E-state index contributed by atoms with van der Waals surface area (Å²) in [5.41, 5.74) is 1.27. The standard InChI is InChI=1S/C22H20F3N3O3S2/c1-13-19-17-12-14(21(30)27-33(2,31)11-3-10-29)4-9-18(17)28(20(19)26-32-13)16-7-5-15(6-8-16)22(23,24)25/h4-9,12,29H,3,10-11H2,1-2H3/t33-/m0/s1. The molecule has 0 radical (unpaired) electrons. The van der Waals surface area contributed by atoms with Crippen LogP contribution in [0.25, 0.3) is 27.6 Å². The van der Waals surface area contributed by atoms with E-state index in [9.17, 15) is 22.2 Å². The number of carbonyl (C=O) groups excluding carboxylic acids is 1. The Bertz CT molecular complexity index is 1480. The summed E-state index contributed by atoms with van der Waals surface area (Å²) >= 11 is 1.26. The lowest BCUT2D eigenvalue weighted by molar-refractivity contribution is -0.137. The van der Waals surface area contributed by atoms with Crippen molar-refractivity contribution in [3.63, 3.8) is 0 Å². The number of rotatable bonds is 5.